The van der Waals surface area contributed by atoms with Crippen molar-refractivity contribution in [3.05, 3.63) is 63.9 Å². The first-order valence-electron chi connectivity index (χ1n) is 12.0. The lowest BCUT2D eigenvalue weighted by Crippen LogP contribution is -2.40. The van der Waals surface area contributed by atoms with Gasteiger partial charge in [-0.3, -0.25) is 0 Å². The molecule has 1 spiro atoms. The van der Waals surface area contributed by atoms with Gasteiger partial charge in [-0.15, -0.1) is 0 Å². The maximum absolute atomic E-state index is 13.4. The average molecular weight is 509 g/mol. The highest BCUT2D eigenvalue weighted by atomic mass is 35.5. The molecule has 1 aliphatic heterocycles. The molecule has 188 valence electrons. The lowest BCUT2D eigenvalue weighted by atomic mass is 9.80. The highest BCUT2D eigenvalue weighted by Gasteiger charge is 2.53. The minimum absolute atomic E-state index is 0.144. The third-order valence-electron chi connectivity index (χ3n) is 6.59. The van der Waals surface area contributed by atoms with E-state index >= 15 is 0 Å². The summed E-state index contributed by atoms with van der Waals surface area (Å²) in [4.78, 5) is 26.0. The molecular formula is C29H29ClO6. The molecule has 36 heavy (non-hydrogen) atoms. The van der Waals surface area contributed by atoms with Gasteiger partial charge in [-0.25, -0.2) is 9.59 Å². The van der Waals surface area contributed by atoms with Gasteiger partial charge in [0, 0.05) is 5.02 Å². The van der Waals surface area contributed by atoms with Crippen molar-refractivity contribution in [2.24, 2.45) is 0 Å². The molecule has 0 N–H and O–H groups in total. The van der Waals surface area contributed by atoms with Gasteiger partial charge in [0.1, 0.15) is 17.8 Å². The quantitative estimate of drug-likeness (QED) is 0.329. The van der Waals surface area contributed by atoms with Crippen molar-refractivity contribution in [3.63, 3.8) is 0 Å². The Morgan fingerprint density at radius 2 is 1.72 bits per heavy atom. The molecular weight excluding hydrogens is 480 g/mol. The summed E-state index contributed by atoms with van der Waals surface area (Å²) >= 11 is 6.05. The van der Waals surface area contributed by atoms with Gasteiger partial charge in [-0.05, 0) is 93.3 Å². The Morgan fingerprint density at radius 1 is 1.11 bits per heavy atom. The molecule has 0 unspecified atom stereocenters. The Morgan fingerprint density at radius 3 is 2.28 bits per heavy atom. The molecule has 2 aromatic rings. The topological polar surface area (TPSA) is 71.1 Å². The smallest absolute Gasteiger partial charge is 0.447 e. The summed E-state index contributed by atoms with van der Waals surface area (Å²) < 4.78 is 22.3. The van der Waals surface area contributed by atoms with E-state index in [1.54, 1.807) is 13.8 Å². The molecule has 0 saturated heterocycles. The molecule has 1 heterocycles. The summed E-state index contributed by atoms with van der Waals surface area (Å²) in [6.07, 6.45) is 8.09. The first kappa shape index (κ1) is 25.7. The number of terminal acetylenes is 1. The molecule has 0 bridgehead atoms. The lowest BCUT2D eigenvalue weighted by Gasteiger charge is -2.35. The van der Waals surface area contributed by atoms with E-state index in [1.165, 1.54) is 0 Å². The number of hydrogen-bond donors (Lipinski definition) is 0. The van der Waals surface area contributed by atoms with Crippen LogP contribution in [0.5, 0.6) is 0 Å². The SMILES string of the molecule is C#COC1CCC2(CC1)OC(=O)C(c1c(C)cc(-c3ccc(Cl)cc3)cc1C)=C2OC(=O)OC(C)C. The van der Waals surface area contributed by atoms with Gasteiger partial charge in [-0.2, -0.15) is 0 Å². The Labute approximate surface area is 216 Å². The van der Waals surface area contributed by atoms with Crippen molar-refractivity contribution in [1.82, 2.24) is 0 Å². The average Bonchev–Trinajstić information content (AvgIpc) is 3.05. The van der Waals surface area contributed by atoms with Gasteiger partial charge in [0.2, 0.25) is 0 Å². The zero-order chi connectivity index (χ0) is 26.0. The van der Waals surface area contributed by atoms with Crippen LogP contribution in [-0.4, -0.2) is 29.9 Å². The first-order valence-corrected chi connectivity index (χ1v) is 12.4. The van der Waals surface area contributed by atoms with Crippen molar-refractivity contribution in [1.29, 1.82) is 0 Å². The number of benzene rings is 2. The second-order valence-corrected chi connectivity index (χ2v) is 9.97. The summed E-state index contributed by atoms with van der Waals surface area (Å²) in [6.45, 7) is 7.31. The van der Waals surface area contributed by atoms with Crippen LogP contribution in [0.3, 0.4) is 0 Å². The van der Waals surface area contributed by atoms with Crippen molar-refractivity contribution in [2.45, 2.75) is 71.2 Å². The molecule has 2 aliphatic rings. The molecule has 1 aliphatic carbocycles. The van der Waals surface area contributed by atoms with E-state index in [9.17, 15) is 9.59 Å². The van der Waals surface area contributed by atoms with E-state index in [2.05, 4.69) is 6.11 Å². The van der Waals surface area contributed by atoms with Crippen molar-refractivity contribution < 1.29 is 28.5 Å². The van der Waals surface area contributed by atoms with E-state index in [-0.39, 0.29) is 23.5 Å². The van der Waals surface area contributed by atoms with Gasteiger partial charge in [0.05, 0.1) is 6.10 Å². The number of ether oxygens (including phenoxy) is 4. The van der Waals surface area contributed by atoms with E-state index in [1.807, 2.05) is 50.2 Å². The molecule has 4 rings (SSSR count). The zero-order valence-electron chi connectivity index (χ0n) is 20.9. The van der Waals surface area contributed by atoms with Crippen LogP contribution in [0.2, 0.25) is 5.02 Å². The molecule has 7 heteroatoms. The fourth-order valence-corrected chi connectivity index (χ4v) is 5.15. The standard InChI is InChI=1S/C29H29ClO6/c1-6-33-23-11-13-29(14-12-23)26(35-28(32)34-17(2)3)25(27(31)36-29)24-18(4)15-21(16-19(24)5)20-7-9-22(30)10-8-20/h1,7-10,15-17,23H,11-14H2,2-5H3. The van der Waals surface area contributed by atoms with Crippen molar-refractivity contribution in [2.75, 3.05) is 0 Å². The number of rotatable bonds is 5. The van der Waals surface area contributed by atoms with Gasteiger partial charge < -0.3 is 18.9 Å². The zero-order valence-corrected chi connectivity index (χ0v) is 21.6. The van der Waals surface area contributed by atoms with E-state index in [0.717, 1.165) is 22.3 Å². The van der Waals surface area contributed by atoms with Gasteiger partial charge >= 0.3 is 12.1 Å². The largest absolute Gasteiger partial charge is 0.513 e. The maximum Gasteiger partial charge on any atom is 0.513 e. The summed E-state index contributed by atoms with van der Waals surface area (Å²) in [5.74, 6) is -0.327. The third kappa shape index (κ3) is 5.08. The molecule has 0 radical (unpaired) electrons. The monoisotopic (exact) mass is 508 g/mol. The molecule has 0 aromatic heterocycles. The van der Waals surface area contributed by atoms with Crippen LogP contribution in [0.25, 0.3) is 16.7 Å². The highest BCUT2D eigenvalue weighted by Crippen LogP contribution is 2.49. The molecule has 1 fully saturated rings. The minimum atomic E-state index is -1.08. The summed E-state index contributed by atoms with van der Waals surface area (Å²) in [7, 11) is 0. The van der Waals surface area contributed by atoms with Crippen LogP contribution in [-0.2, 0) is 23.7 Å². The molecule has 0 amide bonds. The predicted molar refractivity (Wildman–Crippen MR) is 137 cm³/mol. The van der Waals surface area contributed by atoms with Gasteiger partial charge in [0.15, 0.2) is 11.4 Å². The van der Waals surface area contributed by atoms with Gasteiger partial charge in [-0.1, -0.05) is 42.3 Å². The predicted octanol–water partition coefficient (Wildman–Crippen LogP) is 6.74. The van der Waals surface area contributed by atoms with Crippen LogP contribution in [0, 0.1) is 26.4 Å². The Hall–Kier alpha value is -3.43. The Bertz CT molecular complexity index is 1220. The number of hydrogen-bond acceptors (Lipinski definition) is 6. The van der Waals surface area contributed by atoms with Crippen molar-refractivity contribution in [3.8, 4) is 23.7 Å². The number of halogens is 1. The first-order chi connectivity index (χ1) is 17.1. The number of aryl methyl sites for hydroxylation is 2. The van der Waals surface area contributed by atoms with Gasteiger partial charge in [0.25, 0.3) is 0 Å². The molecule has 2 aromatic carbocycles. The Kier molecular flexibility index (Phi) is 7.33. The highest BCUT2D eigenvalue weighted by molar-refractivity contribution is 6.30. The van der Waals surface area contributed by atoms with E-state index < -0.39 is 17.7 Å². The summed E-state index contributed by atoms with van der Waals surface area (Å²) in [6, 6.07) is 11.6. The van der Waals surface area contributed by atoms with Crippen LogP contribution in [0.4, 0.5) is 4.79 Å². The lowest BCUT2D eigenvalue weighted by molar-refractivity contribution is -0.151. The molecule has 0 atom stereocenters. The summed E-state index contributed by atoms with van der Waals surface area (Å²) in [5, 5.41) is 0.658. The second-order valence-electron chi connectivity index (χ2n) is 9.53. The van der Waals surface area contributed by atoms with Crippen molar-refractivity contribution >= 4 is 29.3 Å². The molecule has 6 nitrogen and oxygen atoms in total. The van der Waals surface area contributed by atoms with Crippen LogP contribution < -0.4 is 0 Å². The van der Waals surface area contributed by atoms with E-state index in [4.69, 9.17) is 37.0 Å². The van der Waals surface area contributed by atoms with Crippen LogP contribution >= 0.6 is 11.6 Å². The number of carbonyl (C=O) groups is 2. The number of carbonyl (C=O) groups excluding carboxylic acids is 2. The summed E-state index contributed by atoms with van der Waals surface area (Å²) in [5.41, 5.74) is 3.55. The van der Waals surface area contributed by atoms with E-state index in [0.29, 0.717) is 36.3 Å². The van der Waals surface area contributed by atoms with Crippen LogP contribution in [0.15, 0.2) is 42.2 Å². The number of esters is 1. The maximum atomic E-state index is 13.4. The normalized spacial score (nSPS) is 21.4. The van der Waals surface area contributed by atoms with Crippen LogP contribution in [0.1, 0.15) is 56.2 Å². The minimum Gasteiger partial charge on any atom is -0.447 e. The Balaban J connectivity index is 1.80. The second kappa shape index (κ2) is 10.3. The third-order valence-corrected chi connectivity index (χ3v) is 6.84. The molecule has 1 saturated carbocycles. The fraction of sp³-hybridized carbons (Fsp3) is 0.379. The fourth-order valence-electron chi connectivity index (χ4n) is 5.02.